The molecular weight excluding hydrogens is 524 g/mol. The van der Waals surface area contributed by atoms with E-state index in [0.717, 1.165) is 11.1 Å². The fraction of sp³-hybridized carbons (Fsp3) is 0.571. The number of aliphatic hydroxyl groups is 2. The van der Waals surface area contributed by atoms with Gasteiger partial charge >= 0.3 is 11.9 Å². The number of nitrogens with one attached hydrogen (secondary N) is 1. The fourth-order valence-electron chi connectivity index (χ4n) is 6.59. The van der Waals surface area contributed by atoms with Gasteiger partial charge in [-0.25, -0.2) is 4.79 Å². The number of hydrogen-bond acceptors (Lipinski definition) is 11. The summed E-state index contributed by atoms with van der Waals surface area (Å²) in [6.07, 6.45) is -2.03. The van der Waals surface area contributed by atoms with Crippen LogP contribution in [0.4, 0.5) is 0 Å². The molecule has 1 amide bonds. The molecule has 0 unspecified atom stereocenters. The number of ketones is 1. The van der Waals surface area contributed by atoms with Gasteiger partial charge in [-0.05, 0) is 64.9 Å². The van der Waals surface area contributed by atoms with Crippen molar-refractivity contribution in [3.8, 4) is 11.5 Å². The lowest BCUT2D eigenvalue weighted by Gasteiger charge is -2.61. The largest absolute Gasteiger partial charge is 0.504 e. The standard InChI is InChI=1S/C28H34N2O10/c1-13(14(2)31)29-25(35)15(3)38-26(36)18(33)12-21(34)39-19-7-8-28(37)20-11-16-5-6-17(32)23-22(16)27(28,24(19)40-23)9-10-30(20)4/h5-7,13,15,18,20,24,32-33,37H,8-12H2,1-4H3,(H,29,35)/t13-,15-,18-,20+,24-,27-,28+/m0/s1. The number of likely N-dealkylation sites (N-methyl/N-ethyl adjacent to an activating group) is 1. The number of ether oxygens (including phenoxy) is 3. The molecule has 4 N–H and O–H groups in total. The summed E-state index contributed by atoms with van der Waals surface area (Å²) in [7, 11) is 1.96. The number of likely N-dealkylation sites (tertiary alicyclic amines) is 1. The van der Waals surface area contributed by atoms with Crippen LogP contribution in [0.15, 0.2) is 24.0 Å². The molecule has 2 heterocycles. The molecule has 1 aromatic carbocycles. The Labute approximate surface area is 230 Å². The average Bonchev–Trinajstić information content (AvgIpc) is 3.25. The molecule has 7 atom stereocenters. The Balaban J connectivity index is 1.30. The van der Waals surface area contributed by atoms with E-state index in [1.165, 1.54) is 20.8 Å². The molecule has 2 bridgehead atoms. The smallest absolute Gasteiger partial charge is 0.336 e. The number of carbonyl (C=O) groups excluding carboxylic acids is 4. The van der Waals surface area contributed by atoms with Crippen LogP contribution in [0.1, 0.15) is 51.2 Å². The molecule has 0 radical (unpaired) electrons. The number of hydrogen-bond donors (Lipinski definition) is 4. The van der Waals surface area contributed by atoms with E-state index in [1.807, 2.05) is 13.1 Å². The molecule has 4 aliphatic rings. The minimum Gasteiger partial charge on any atom is -0.504 e. The van der Waals surface area contributed by atoms with Crippen molar-refractivity contribution in [2.75, 3.05) is 13.6 Å². The number of phenolic OH excluding ortho intramolecular Hbond substituents is 1. The number of nitrogens with zero attached hydrogens (tertiary/aromatic N) is 1. The van der Waals surface area contributed by atoms with Crippen molar-refractivity contribution in [3.63, 3.8) is 0 Å². The predicted molar refractivity (Wildman–Crippen MR) is 137 cm³/mol. The summed E-state index contributed by atoms with van der Waals surface area (Å²) in [6, 6.07) is 2.40. The van der Waals surface area contributed by atoms with E-state index in [0.29, 0.717) is 19.4 Å². The lowest BCUT2D eigenvalue weighted by atomic mass is 9.50. The highest BCUT2D eigenvalue weighted by atomic mass is 16.6. The van der Waals surface area contributed by atoms with E-state index in [2.05, 4.69) is 10.2 Å². The Morgan fingerprint density at radius 2 is 1.98 bits per heavy atom. The topological polar surface area (TPSA) is 172 Å². The zero-order chi connectivity index (χ0) is 29.1. The van der Waals surface area contributed by atoms with Crippen molar-refractivity contribution in [1.29, 1.82) is 0 Å². The van der Waals surface area contributed by atoms with Gasteiger partial charge < -0.3 is 39.7 Å². The van der Waals surface area contributed by atoms with Crippen LogP contribution in [0.5, 0.6) is 11.5 Å². The number of rotatable bonds is 8. The van der Waals surface area contributed by atoms with E-state index in [-0.39, 0.29) is 35.5 Å². The number of Topliss-reactive ketones (excluding diaryl/α,β-unsaturated/α-hetero) is 1. The Bertz CT molecular complexity index is 1310. The van der Waals surface area contributed by atoms with Crippen molar-refractivity contribution in [1.82, 2.24) is 10.2 Å². The number of carbonyl (C=O) groups is 4. The second-order valence-electron chi connectivity index (χ2n) is 11.2. The lowest BCUT2D eigenvalue weighted by Crippen LogP contribution is -2.74. The number of aliphatic hydroxyl groups excluding tert-OH is 1. The molecule has 5 rings (SSSR count). The van der Waals surface area contributed by atoms with Gasteiger partial charge in [0.25, 0.3) is 5.91 Å². The summed E-state index contributed by atoms with van der Waals surface area (Å²) in [5, 5.41) is 35.4. The zero-order valence-corrected chi connectivity index (χ0v) is 22.8. The van der Waals surface area contributed by atoms with Gasteiger partial charge in [0.05, 0.1) is 23.5 Å². The second kappa shape index (κ2) is 9.86. The molecule has 12 nitrogen and oxygen atoms in total. The van der Waals surface area contributed by atoms with Gasteiger partial charge in [0.2, 0.25) is 0 Å². The summed E-state index contributed by atoms with van der Waals surface area (Å²) in [5.74, 6) is -2.82. The van der Waals surface area contributed by atoms with Crippen LogP contribution in [0.25, 0.3) is 0 Å². The first-order chi connectivity index (χ1) is 18.8. The van der Waals surface area contributed by atoms with E-state index in [4.69, 9.17) is 14.2 Å². The number of aromatic hydroxyl groups is 1. The third-order valence-electron chi connectivity index (χ3n) is 8.85. The molecule has 1 spiro atoms. The van der Waals surface area contributed by atoms with E-state index in [1.54, 1.807) is 12.1 Å². The van der Waals surface area contributed by atoms with Crippen LogP contribution >= 0.6 is 0 Å². The molecule has 1 fully saturated rings. The third-order valence-corrected chi connectivity index (χ3v) is 8.85. The van der Waals surface area contributed by atoms with Gasteiger partial charge in [-0.1, -0.05) is 6.07 Å². The van der Waals surface area contributed by atoms with E-state index < -0.39 is 59.6 Å². The highest BCUT2D eigenvalue weighted by Crippen LogP contribution is 2.65. The molecule has 216 valence electrons. The third kappa shape index (κ3) is 4.16. The van der Waals surface area contributed by atoms with Crippen molar-refractivity contribution < 1.29 is 48.7 Å². The van der Waals surface area contributed by atoms with Crippen LogP contribution in [-0.2, 0) is 40.5 Å². The Morgan fingerprint density at radius 3 is 2.67 bits per heavy atom. The number of benzene rings is 1. The van der Waals surface area contributed by atoms with E-state index >= 15 is 0 Å². The maximum absolute atomic E-state index is 12.8. The highest BCUT2D eigenvalue weighted by molar-refractivity contribution is 5.90. The second-order valence-corrected chi connectivity index (χ2v) is 11.2. The maximum atomic E-state index is 12.8. The van der Waals surface area contributed by atoms with Crippen molar-refractivity contribution in [2.24, 2.45) is 0 Å². The number of amides is 1. The van der Waals surface area contributed by atoms with Crippen LogP contribution in [0, 0.1) is 0 Å². The van der Waals surface area contributed by atoms with Crippen LogP contribution in [0.2, 0.25) is 0 Å². The molecule has 1 aromatic rings. The molecule has 2 aliphatic carbocycles. The number of piperidine rings is 1. The van der Waals surface area contributed by atoms with Crippen molar-refractivity contribution >= 4 is 23.6 Å². The van der Waals surface area contributed by atoms with Gasteiger partial charge in [0.1, 0.15) is 5.76 Å². The fourth-order valence-corrected chi connectivity index (χ4v) is 6.59. The van der Waals surface area contributed by atoms with Gasteiger partial charge in [-0.3, -0.25) is 14.4 Å². The number of esters is 2. The molecule has 0 aromatic heterocycles. The lowest BCUT2D eigenvalue weighted by molar-refractivity contribution is -0.172. The quantitative estimate of drug-likeness (QED) is 0.316. The minimum atomic E-state index is -1.91. The first kappa shape index (κ1) is 28.1. The molecular formula is C28H34N2O10. The van der Waals surface area contributed by atoms with Crippen LogP contribution < -0.4 is 10.1 Å². The molecule has 1 saturated heterocycles. The molecule has 0 saturated carbocycles. The molecule has 12 heteroatoms. The van der Waals surface area contributed by atoms with Gasteiger partial charge in [0, 0.05) is 18.0 Å². The summed E-state index contributed by atoms with van der Waals surface area (Å²) >= 11 is 0. The Kier molecular flexibility index (Phi) is 6.92. The van der Waals surface area contributed by atoms with Gasteiger partial charge in [-0.2, -0.15) is 0 Å². The summed E-state index contributed by atoms with van der Waals surface area (Å²) in [5.41, 5.74) is -0.487. The van der Waals surface area contributed by atoms with Crippen LogP contribution in [-0.4, -0.2) is 93.4 Å². The normalized spacial score (nSPS) is 30.1. The highest BCUT2D eigenvalue weighted by Gasteiger charge is 2.72. The van der Waals surface area contributed by atoms with Crippen molar-refractivity contribution in [2.45, 2.75) is 87.9 Å². The summed E-state index contributed by atoms with van der Waals surface area (Å²) < 4.78 is 16.8. The Morgan fingerprint density at radius 1 is 1.25 bits per heavy atom. The summed E-state index contributed by atoms with van der Waals surface area (Å²) in [6.45, 7) is 4.71. The molecule has 2 aliphatic heterocycles. The van der Waals surface area contributed by atoms with Crippen LogP contribution in [0.3, 0.4) is 0 Å². The SMILES string of the molecule is CC(=O)[C@H](C)NC(=O)[C@H](C)OC(=O)[C@@H](O)CC(=O)OC1=CC[C@@]2(O)[C@H]3Cc4ccc(O)c5c4[C@@]2(CCN3C)[C@H]1O5. The first-order valence-corrected chi connectivity index (χ1v) is 13.3. The number of phenols is 1. The zero-order valence-electron chi connectivity index (χ0n) is 22.8. The average molecular weight is 559 g/mol. The summed E-state index contributed by atoms with van der Waals surface area (Å²) in [4.78, 5) is 50.8. The van der Waals surface area contributed by atoms with Crippen molar-refractivity contribution in [3.05, 3.63) is 35.1 Å². The maximum Gasteiger partial charge on any atom is 0.336 e. The Hall–Kier alpha value is -3.48. The van der Waals surface area contributed by atoms with Gasteiger partial charge in [0.15, 0.2) is 35.6 Å². The van der Waals surface area contributed by atoms with E-state index in [9.17, 15) is 34.5 Å². The predicted octanol–water partition coefficient (Wildman–Crippen LogP) is -0.0105. The molecule has 40 heavy (non-hydrogen) atoms. The minimum absolute atomic E-state index is 0.0676. The van der Waals surface area contributed by atoms with Gasteiger partial charge in [-0.15, -0.1) is 0 Å². The first-order valence-electron chi connectivity index (χ1n) is 13.3. The monoisotopic (exact) mass is 558 g/mol.